The summed E-state index contributed by atoms with van der Waals surface area (Å²) in [6, 6.07) is 0. The Labute approximate surface area is 201 Å². The maximum atomic E-state index is 11.2. The van der Waals surface area contributed by atoms with E-state index in [0.717, 1.165) is 9.80 Å². The largest absolute Gasteiger partial charge is 0.696 e. The molecule has 0 fully saturated rings. The van der Waals surface area contributed by atoms with Gasteiger partial charge in [-0.05, 0) is 0 Å². The molecule has 0 aliphatic rings. The Kier molecular flexibility index (Phi) is 16.8. The molecule has 0 rings (SSSR count). The SMILES string of the molecule is O=C(O)CN(CCN(CO[P+](=O)O)CC(=O)O)CCN(CC(=O)O)CC(O)(OP(O)O)OP(O)O. The summed E-state index contributed by atoms with van der Waals surface area (Å²) in [6.07, 6.45) is 0. The van der Waals surface area contributed by atoms with Crippen LogP contribution in [-0.4, -0.2) is 143 Å². The molecule has 0 aromatic heterocycles. The number of hydrogen-bond donors (Lipinski definition) is 9. The summed E-state index contributed by atoms with van der Waals surface area (Å²) in [5.74, 6) is -7.06. The van der Waals surface area contributed by atoms with Gasteiger partial charge >= 0.3 is 49.3 Å². The van der Waals surface area contributed by atoms with Crippen LogP contribution in [0.5, 0.6) is 0 Å². The Morgan fingerprint density at radius 2 is 1.11 bits per heavy atom. The van der Waals surface area contributed by atoms with Crippen molar-refractivity contribution in [2.75, 3.05) is 59.1 Å². The van der Waals surface area contributed by atoms with Crippen LogP contribution < -0.4 is 0 Å². The lowest BCUT2D eigenvalue weighted by Gasteiger charge is -2.33. The lowest BCUT2D eigenvalue weighted by atomic mass is 10.3. The van der Waals surface area contributed by atoms with Crippen molar-refractivity contribution in [1.29, 1.82) is 0 Å². The molecule has 35 heavy (non-hydrogen) atoms. The van der Waals surface area contributed by atoms with E-state index in [4.69, 9.17) is 39.8 Å². The highest BCUT2D eigenvalue weighted by Crippen LogP contribution is 2.39. The minimum absolute atomic E-state index is 0.125. The normalized spacial score (nSPS) is 12.8. The molecule has 0 radical (unpaired) electrons. The Morgan fingerprint density at radius 3 is 1.51 bits per heavy atom. The first-order valence-corrected chi connectivity index (χ1v) is 12.7. The van der Waals surface area contributed by atoms with Crippen molar-refractivity contribution in [3.8, 4) is 0 Å². The van der Waals surface area contributed by atoms with Gasteiger partial charge in [-0.2, -0.15) is 0 Å². The second kappa shape index (κ2) is 17.4. The predicted molar refractivity (Wildman–Crippen MR) is 113 cm³/mol. The van der Waals surface area contributed by atoms with E-state index in [0.29, 0.717) is 0 Å². The van der Waals surface area contributed by atoms with Crippen molar-refractivity contribution in [3.63, 3.8) is 0 Å². The van der Waals surface area contributed by atoms with E-state index in [-0.39, 0.29) is 26.2 Å². The molecule has 9 N–H and O–H groups in total. The molecule has 19 nitrogen and oxygen atoms in total. The fourth-order valence-corrected chi connectivity index (χ4v) is 3.58. The van der Waals surface area contributed by atoms with Gasteiger partial charge in [0.1, 0.15) is 0 Å². The van der Waals surface area contributed by atoms with Crippen molar-refractivity contribution < 1.29 is 77.4 Å². The predicted octanol–water partition coefficient (Wildman–Crippen LogP) is -3.13. The fourth-order valence-electron chi connectivity index (χ4n) is 2.56. The Hall–Kier alpha value is -1.11. The van der Waals surface area contributed by atoms with Crippen LogP contribution in [0.1, 0.15) is 0 Å². The number of carboxylic acid groups (broad SMARTS) is 3. The van der Waals surface area contributed by atoms with Crippen molar-refractivity contribution in [1.82, 2.24) is 14.7 Å². The molecular weight excluding hydrogens is 547 g/mol. The van der Waals surface area contributed by atoms with E-state index >= 15 is 0 Å². The third kappa shape index (κ3) is 18.8. The summed E-state index contributed by atoms with van der Waals surface area (Å²) >= 11 is 0. The summed E-state index contributed by atoms with van der Waals surface area (Å²) in [5, 5.41) is 37.4. The quantitative estimate of drug-likeness (QED) is 0.0484. The number of nitrogens with zero attached hydrogens (tertiary/aromatic N) is 3. The number of carbonyl (C=O) groups is 3. The molecule has 0 saturated carbocycles. The van der Waals surface area contributed by atoms with E-state index in [9.17, 15) is 24.1 Å². The van der Waals surface area contributed by atoms with E-state index in [1.54, 1.807) is 0 Å². The average molecular weight is 574 g/mol. The smallest absolute Gasteiger partial charge is 0.480 e. The Balaban J connectivity index is 5.37. The summed E-state index contributed by atoms with van der Waals surface area (Å²) in [5.41, 5.74) is 0. The Bertz CT molecular complexity index is 691. The highest BCUT2D eigenvalue weighted by molar-refractivity contribution is 7.40. The van der Waals surface area contributed by atoms with Gasteiger partial charge in [-0.3, -0.25) is 38.1 Å². The van der Waals surface area contributed by atoms with E-state index in [1.807, 2.05) is 0 Å². The fraction of sp³-hybridized carbons (Fsp3) is 0.769. The zero-order valence-electron chi connectivity index (χ0n) is 17.9. The van der Waals surface area contributed by atoms with Gasteiger partial charge in [0, 0.05) is 30.7 Å². The van der Waals surface area contributed by atoms with Crippen LogP contribution >= 0.6 is 25.5 Å². The lowest BCUT2D eigenvalue weighted by Crippen LogP contribution is -2.50. The Morgan fingerprint density at radius 1 is 0.743 bits per heavy atom. The molecule has 0 aromatic carbocycles. The number of rotatable bonds is 21. The average Bonchev–Trinajstić information content (AvgIpc) is 2.64. The summed E-state index contributed by atoms with van der Waals surface area (Å²) in [7, 11) is -9.59. The molecule has 0 amide bonds. The summed E-state index contributed by atoms with van der Waals surface area (Å²) in [6.45, 7) is -4.27. The summed E-state index contributed by atoms with van der Waals surface area (Å²) in [4.78, 5) is 81.2. The monoisotopic (exact) mass is 574 g/mol. The second-order valence-corrected chi connectivity index (χ2v) is 8.73. The van der Waals surface area contributed by atoms with Crippen molar-refractivity contribution in [3.05, 3.63) is 0 Å². The van der Waals surface area contributed by atoms with Gasteiger partial charge in [0.05, 0.1) is 26.2 Å². The lowest BCUT2D eigenvalue weighted by molar-refractivity contribution is -0.285. The molecule has 0 spiro atoms. The van der Waals surface area contributed by atoms with Crippen LogP contribution in [0, 0.1) is 0 Å². The highest BCUT2D eigenvalue weighted by Gasteiger charge is 2.38. The highest BCUT2D eigenvalue weighted by atomic mass is 31.2. The second-order valence-electron chi connectivity index (χ2n) is 6.62. The zero-order valence-corrected chi connectivity index (χ0v) is 20.6. The zero-order chi connectivity index (χ0) is 27.2. The van der Waals surface area contributed by atoms with Crippen molar-refractivity contribution in [2.24, 2.45) is 0 Å². The van der Waals surface area contributed by atoms with Gasteiger partial charge in [0.25, 0.3) is 0 Å². The van der Waals surface area contributed by atoms with Crippen LogP contribution in [0.25, 0.3) is 0 Å². The van der Waals surface area contributed by atoms with E-state index in [1.165, 1.54) is 4.90 Å². The molecule has 0 saturated heterocycles. The van der Waals surface area contributed by atoms with Gasteiger partial charge in [0.2, 0.25) is 0 Å². The standard InChI is InChI=1S/C13H26N3O16P3/c17-10(18)5-14(2-4-16(7-12(21)22)9-30-33(24)25)1-3-15(6-11(19)20)8-13(23,31-34(26)27)32-35(28)29/h23,26-29H,1-9H2,(H3-,17,18,19,20,21,22,24,25)/p+1. The first-order valence-electron chi connectivity index (χ1n) is 9.19. The van der Waals surface area contributed by atoms with Crippen molar-refractivity contribution in [2.45, 2.75) is 5.97 Å². The first-order chi connectivity index (χ1) is 16.1. The van der Waals surface area contributed by atoms with Gasteiger partial charge in [-0.1, -0.05) is 0 Å². The van der Waals surface area contributed by atoms with Crippen LogP contribution in [0.3, 0.4) is 0 Å². The first kappa shape index (κ1) is 33.9. The number of carboxylic acids is 3. The molecule has 204 valence electrons. The minimum atomic E-state index is -3.29. The molecule has 1 unspecified atom stereocenters. The topological polar surface area (TPSA) is 288 Å². The maximum Gasteiger partial charge on any atom is 0.696 e. The summed E-state index contributed by atoms with van der Waals surface area (Å²) < 4.78 is 23.8. The molecule has 0 bridgehead atoms. The molecule has 0 heterocycles. The number of aliphatic carboxylic acids is 3. The van der Waals surface area contributed by atoms with Crippen LogP contribution in [0.4, 0.5) is 0 Å². The third-order valence-corrected chi connectivity index (χ3v) is 5.00. The van der Waals surface area contributed by atoms with Crippen molar-refractivity contribution >= 4 is 43.4 Å². The van der Waals surface area contributed by atoms with Gasteiger partial charge < -0.3 is 40.0 Å². The van der Waals surface area contributed by atoms with Crippen LogP contribution in [0.2, 0.25) is 0 Å². The van der Waals surface area contributed by atoms with Crippen LogP contribution in [0.15, 0.2) is 0 Å². The number of aliphatic hydroxyl groups is 1. The molecule has 0 aliphatic heterocycles. The third-order valence-electron chi connectivity index (χ3n) is 3.76. The molecular formula is C13H27N3O16P3+. The minimum Gasteiger partial charge on any atom is -0.480 e. The van der Waals surface area contributed by atoms with Gasteiger partial charge in [0.15, 0.2) is 6.73 Å². The van der Waals surface area contributed by atoms with E-state index in [2.05, 4.69) is 13.6 Å². The molecule has 0 aromatic rings. The van der Waals surface area contributed by atoms with Gasteiger partial charge in [-0.25, -0.2) is 0 Å². The molecule has 1 atom stereocenters. The number of hydrogen-bond acceptors (Lipinski definition) is 15. The molecule has 0 aliphatic carbocycles. The van der Waals surface area contributed by atoms with Crippen LogP contribution in [-0.2, 0) is 32.5 Å². The maximum absolute atomic E-state index is 11.2. The van der Waals surface area contributed by atoms with E-state index < -0.39 is 82.3 Å². The molecule has 22 heteroatoms. The van der Waals surface area contributed by atoms with Gasteiger partial charge in [-0.15, -0.1) is 9.42 Å².